The van der Waals surface area contributed by atoms with Crippen molar-refractivity contribution >= 4 is 27.7 Å². The zero-order valence-corrected chi connectivity index (χ0v) is 11.0. The summed E-state index contributed by atoms with van der Waals surface area (Å²) in [6.07, 6.45) is 3.37. The van der Waals surface area contributed by atoms with Gasteiger partial charge in [0.15, 0.2) is 0 Å². The van der Waals surface area contributed by atoms with E-state index in [0.29, 0.717) is 0 Å². The van der Waals surface area contributed by atoms with Crippen LogP contribution in [0.2, 0.25) is 0 Å². The molecule has 0 bridgehead atoms. The van der Waals surface area contributed by atoms with Gasteiger partial charge in [0.05, 0.1) is 12.7 Å². The quantitative estimate of drug-likeness (QED) is 0.412. The Kier molecular flexibility index (Phi) is 5.91. The van der Waals surface area contributed by atoms with Gasteiger partial charge in [-0.3, -0.25) is 4.31 Å². The monoisotopic (exact) mass is 269 g/mol. The molecule has 0 aromatic heterocycles. The van der Waals surface area contributed by atoms with Crippen LogP contribution in [0, 0.1) is 0 Å². The average Bonchev–Trinajstić information content (AvgIpc) is 2.65. The molecule has 5 nitrogen and oxygen atoms in total. The van der Waals surface area contributed by atoms with E-state index in [2.05, 4.69) is 16.0 Å². The van der Waals surface area contributed by atoms with Crippen LogP contribution in [0.25, 0.3) is 0 Å². The Morgan fingerprint density at radius 1 is 1.75 bits per heavy atom. The predicted molar refractivity (Wildman–Crippen MR) is 68.1 cm³/mol. The van der Waals surface area contributed by atoms with E-state index in [4.69, 9.17) is 9.84 Å². The number of hydrogen-bond donors (Lipinski definition) is 4. The van der Waals surface area contributed by atoms with E-state index in [1.807, 2.05) is 6.26 Å². The van der Waals surface area contributed by atoms with Crippen molar-refractivity contribution in [3.8, 4) is 0 Å². The lowest BCUT2D eigenvalue weighted by atomic mass is 10.1. The number of aliphatic carboxylic acids is 1. The summed E-state index contributed by atoms with van der Waals surface area (Å²) in [5.74, 6) is -1.01. The first kappa shape index (κ1) is 14.1. The van der Waals surface area contributed by atoms with Gasteiger partial charge in [0.1, 0.15) is 6.61 Å². The minimum absolute atomic E-state index is 0.0578. The van der Waals surface area contributed by atoms with Crippen LogP contribution in [0.4, 0.5) is 0 Å². The molecule has 0 aromatic carbocycles. The molecule has 0 aromatic rings. The first-order chi connectivity index (χ1) is 7.52. The number of thiol groups is 2. The van der Waals surface area contributed by atoms with Gasteiger partial charge in [-0.2, -0.15) is 10.1 Å². The summed E-state index contributed by atoms with van der Waals surface area (Å²) in [6.45, 7) is 0.669. The molecule has 1 rings (SSSR count). The number of rotatable bonds is 6. The summed E-state index contributed by atoms with van der Waals surface area (Å²) in [5.41, 5.74) is 0. The Morgan fingerprint density at radius 2 is 2.44 bits per heavy atom. The van der Waals surface area contributed by atoms with E-state index < -0.39 is 22.2 Å². The van der Waals surface area contributed by atoms with Crippen molar-refractivity contribution in [2.45, 2.75) is 25.0 Å². The minimum atomic E-state index is -1.01. The van der Waals surface area contributed by atoms with Crippen LogP contribution in [0.5, 0.6) is 0 Å². The Hall–Kier alpha value is 0.0500. The van der Waals surface area contributed by atoms with Gasteiger partial charge in [-0.15, -0.1) is 11.7 Å². The maximum atomic E-state index is 10.2. The summed E-state index contributed by atoms with van der Waals surface area (Å²) >= 11 is 4.42. The number of carbonyl (C=O) groups is 1. The van der Waals surface area contributed by atoms with Gasteiger partial charge in [0.2, 0.25) is 0 Å². The summed E-state index contributed by atoms with van der Waals surface area (Å²) in [5, 5.41) is 18.3. The fraction of sp³-hybridized carbons (Fsp3) is 0.889. The summed E-state index contributed by atoms with van der Waals surface area (Å²) in [4.78, 5) is 10.2. The lowest BCUT2D eigenvalue weighted by Crippen LogP contribution is -2.39. The number of hydrogen-bond acceptors (Lipinski definition) is 5. The van der Waals surface area contributed by atoms with E-state index in [-0.39, 0.29) is 19.3 Å². The molecule has 7 heteroatoms. The second-order valence-corrected chi connectivity index (χ2v) is 7.07. The van der Waals surface area contributed by atoms with Gasteiger partial charge in [-0.25, -0.2) is 4.79 Å². The Morgan fingerprint density at radius 3 is 3.00 bits per heavy atom. The van der Waals surface area contributed by atoms with Crippen molar-refractivity contribution in [1.29, 1.82) is 0 Å². The van der Waals surface area contributed by atoms with Gasteiger partial charge in [-0.05, 0) is 19.1 Å². The molecule has 16 heavy (non-hydrogen) atoms. The highest BCUT2D eigenvalue weighted by atomic mass is 33.1. The molecule has 96 valence electrons. The van der Waals surface area contributed by atoms with Crippen LogP contribution < -0.4 is 0 Å². The van der Waals surface area contributed by atoms with E-state index in [9.17, 15) is 9.90 Å². The second kappa shape index (κ2) is 6.70. The maximum Gasteiger partial charge on any atom is 0.329 e. The first-order valence-corrected chi connectivity index (χ1v) is 8.08. The van der Waals surface area contributed by atoms with Crippen molar-refractivity contribution in [1.82, 2.24) is 4.31 Å². The number of nitrogens with zero attached hydrogens (tertiary/aromatic N) is 1. The lowest BCUT2D eigenvalue weighted by Gasteiger charge is -2.32. The molecule has 1 fully saturated rings. The van der Waals surface area contributed by atoms with Crippen molar-refractivity contribution < 1.29 is 19.7 Å². The van der Waals surface area contributed by atoms with Crippen molar-refractivity contribution in [2.24, 2.45) is 0 Å². The number of ether oxygens (including phenoxy) is 1. The second-order valence-electron chi connectivity index (χ2n) is 3.84. The highest BCUT2D eigenvalue weighted by Gasteiger charge is 2.31. The SMILES string of the molecule is C[SH](S)N1CCC[C@H]1[C@@H](O)COCC(=O)O. The van der Waals surface area contributed by atoms with Gasteiger partial charge in [0.25, 0.3) is 0 Å². The topological polar surface area (TPSA) is 70.0 Å². The van der Waals surface area contributed by atoms with Crippen LogP contribution in [0.3, 0.4) is 0 Å². The molecule has 0 radical (unpaired) electrons. The fourth-order valence-electron chi connectivity index (χ4n) is 1.91. The van der Waals surface area contributed by atoms with Crippen molar-refractivity contribution in [2.75, 3.05) is 26.0 Å². The predicted octanol–water partition coefficient (Wildman–Crippen LogP) is 0.304. The highest BCUT2D eigenvalue weighted by Crippen LogP contribution is 2.38. The normalized spacial score (nSPS) is 26.7. The molecular weight excluding hydrogens is 250 g/mol. The molecule has 0 amide bonds. The number of aliphatic hydroxyl groups excluding tert-OH is 1. The molecule has 1 aliphatic rings. The summed E-state index contributed by atoms with van der Waals surface area (Å²) in [7, 11) is -0.505. The number of carboxylic acids is 1. The molecule has 0 aliphatic carbocycles. The van der Waals surface area contributed by atoms with Gasteiger partial charge < -0.3 is 14.9 Å². The van der Waals surface area contributed by atoms with Crippen LogP contribution in [0.15, 0.2) is 0 Å². The third kappa shape index (κ3) is 4.14. The summed E-state index contributed by atoms with van der Waals surface area (Å²) in [6, 6.07) is 0.0578. The molecule has 0 spiro atoms. The van der Waals surface area contributed by atoms with Crippen LogP contribution >= 0.6 is 21.8 Å². The van der Waals surface area contributed by atoms with Gasteiger partial charge >= 0.3 is 5.97 Å². The number of aliphatic hydroxyl groups is 1. The van der Waals surface area contributed by atoms with Crippen LogP contribution in [0.1, 0.15) is 12.8 Å². The van der Waals surface area contributed by atoms with E-state index in [1.165, 1.54) is 0 Å². The molecule has 0 saturated carbocycles. The zero-order valence-electron chi connectivity index (χ0n) is 9.24. The fourth-order valence-corrected chi connectivity index (χ4v) is 3.70. The van der Waals surface area contributed by atoms with Crippen LogP contribution in [-0.4, -0.2) is 58.6 Å². The molecular formula is C9H19NO4S2. The van der Waals surface area contributed by atoms with E-state index in [1.54, 1.807) is 0 Å². The highest BCUT2D eigenvalue weighted by molar-refractivity contribution is 8.76. The van der Waals surface area contributed by atoms with Crippen molar-refractivity contribution in [3.63, 3.8) is 0 Å². The minimum Gasteiger partial charge on any atom is -0.480 e. The Labute approximate surface area is 103 Å². The van der Waals surface area contributed by atoms with Crippen LogP contribution in [-0.2, 0) is 9.53 Å². The third-order valence-corrected chi connectivity index (χ3v) is 4.53. The maximum absolute atomic E-state index is 10.2. The molecule has 1 unspecified atom stereocenters. The zero-order chi connectivity index (χ0) is 12.1. The standard InChI is InChI=1S/C9H19NO4S2/c1-16(15)10-4-2-3-7(10)8(11)5-14-6-9(12)13/h7-8,11,15-16H,2-6H2,1H3,(H,12,13)/t7-,8-/m0/s1. The molecule has 2 N–H and O–H groups in total. The summed E-state index contributed by atoms with van der Waals surface area (Å²) < 4.78 is 7.08. The average molecular weight is 269 g/mol. The Bertz CT molecular complexity index is 240. The largest absolute Gasteiger partial charge is 0.480 e. The number of carboxylic acid groups (broad SMARTS) is 1. The molecule has 3 atom stereocenters. The molecule has 1 saturated heterocycles. The smallest absolute Gasteiger partial charge is 0.329 e. The lowest BCUT2D eigenvalue weighted by molar-refractivity contribution is -0.143. The Balaban J connectivity index is 2.34. The first-order valence-electron chi connectivity index (χ1n) is 5.19. The molecule has 1 heterocycles. The van der Waals surface area contributed by atoms with Gasteiger partial charge in [-0.1, -0.05) is 0 Å². The third-order valence-electron chi connectivity index (χ3n) is 2.60. The molecule has 1 aliphatic heterocycles. The van der Waals surface area contributed by atoms with E-state index >= 15 is 0 Å². The van der Waals surface area contributed by atoms with E-state index in [0.717, 1.165) is 19.4 Å². The van der Waals surface area contributed by atoms with Gasteiger partial charge in [0, 0.05) is 12.6 Å². The van der Waals surface area contributed by atoms with Crippen molar-refractivity contribution in [3.05, 3.63) is 0 Å².